The number of fused-ring (bicyclic) bond motifs is 1. The van der Waals surface area contributed by atoms with Crippen molar-refractivity contribution in [2.24, 2.45) is 0 Å². The third-order valence-electron chi connectivity index (χ3n) is 3.12. The fraction of sp³-hybridized carbons (Fsp3) is 0.286. The standard InChI is InChI=1S/C14H13N3S/c15-8-10-7-14(16-11-5-6-18-9-11)17-13-4-2-1-3-12(10)13/h1-4,7,11H,5-6,9H2,(H,16,17). The van der Waals surface area contributed by atoms with Crippen LogP contribution in [0.4, 0.5) is 5.82 Å². The summed E-state index contributed by atoms with van der Waals surface area (Å²) in [6.45, 7) is 0. The average Bonchev–Trinajstić information content (AvgIpc) is 2.90. The molecule has 3 nitrogen and oxygen atoms in total. The van der Waals surface area contributed by atoms with Gasteiger partial charge in [-0.15, -0.1) is 0 Å². The van der Waals surface area contributed by atoms with Gasteiger partial charge in [-0.1, -0.05) is 18.2 Å². The first-order chi connectivity index (χ1) is 8.86. The number of hydrogen-bond acceptors (Lipinski definition) is 4. The Morgan fingerprint density at radius 3 is 3.06 bits per heavy atom. The second kappa shape index (κ2) is 4.87. The van der Waals surface area contributed by atoms with Crippen LogP contribution < -0.4 is 5.32 Å². The zero-order valence-electron chi connectivity index (χ0n) is 9.89. The molecule has 4 heteroatoms. The molecule has 0 bridgehead atoms. The van der Waals surface area contributed by atoms with Crippen molar-refractivity contribution >= 4 is 28.5 Å². The molecule has 1 N–H and O–H groups in total. The number of thioether (sulfide) groups is 1. The molecule has 1 aromatic carbocycles. The van der Waals surface area contributed by atoms with Gasteiger partial charge in [0, 0.05) is 17.2 Å². The third kappa shape index (κ3) is 2.14. The highest BCUT2D eigenvalue weighted by Crippen LogP contribution is 2.24. The zero-order chi connectivity index (χ0) is 12.4. The number of para-hydroxylation sites is 1. The normalized spacial score (nSPS) is 18.7. The van der Waals surface area contributed by atoms with Gasteiger partial charge in [0.1, 0.15) is 5.82 Å². The van der Waals surface area contributed by atoms with Crippen molar-refractivity contribution in [3.8, 4) is 6.07 Å². The molecule has 1 saturated heterocycles. The highest BCUT2D eigenvalue weighted by Gasteiger charge is 2.16. The van der Waals surface area contributed by atoms with Crippen molar-refractivity contribution < 1.29 is 0 Å². The van der Waals surface area contributed by atoms with Gasteiger partial charge in [0.05, 0.1) is 17.1 Å². The number of anilines is 1. The minimum Gasteiger partial charge on any atom is -0.366 e. The topological polar surface area (TPSA) is 48.7 Å². The molecule has 1 unspecified atom stereocenters. The van der Waals surface area contributed by atoms with Crippen LogP contribution in [0.25, 0.3) is 10.9 Å². The quantitative estimate of drug-likeness (QED) is 0.896. The predicted octanol–water partition coefficient (Wildman–Crippen LogP) is 3.02. The van der Waals surface area contributed by atoms with E-state index in [2.05, 4.69) is 16.4 Å². The molecule has 0 radical (unpaired) electrons. The van der Waals surface area contributed by atoms with Crippen LogP contribution in [0.5, 0.6) is 0 Å². The Kier molecular flexibility index (Phi) is 3.07. The van der Waals surface area contributed by atoms with Crippen LogP contribution in [-0.4, -0.2) is 22.5 Å². The lowest BCUT2D eigenvalue weighted by atomic mass is 10.1. The SMILES string of the molecule is N#Cc1cc(NC2CCSC2)nc2ccccc12. The van der Waals surface area contributed by atoms with Gasteiger partial charge in [0.15, 0.2) is 0 Å². The first-order valence-electron chi connectivity index (χ1n) is 6.01. The number of benzene rings is 1. The van der Waals surface area contributed by atoms with Crippen LogP contribution in [-0.2, 0) is 0 Å². The Bertz CT molecular complexity index is 612. The second-order valence-corrected chi connectivity index (χ2v) is 5.54. The summed E-state index contributed by atoms with van der Waals surface area (Å²) < 4.78 is 0. The van der Waals surface area contributed by atoms with E-state index < -0.39 is 0 Å². The summed E-state index contributed by atoms with van der Waals surface area (Å²) in [6.07, 6.45) is 1.17. The minimum atomic E-state index is 0.482. The van der Waals surface area contributed by atoms with Crippen LogP contribution in [0.15, 0.2) is 30.3 Å². The van der Waals surface area contributed by atoms with E-state index in [4.69, 9.17) is 0 Å². The summed E-state index contributed by atoms with van der Waals surface area (Å²) in [5.74, 6) is 3.14. The number of nitrogens with zero attached hydrogens (tertiary/aromatic N) is 2. The molecule has 2 aromatic rings. The van der Waals surface area contributed by atoms with Crippen LogP contribution >= 0.6 is 11.8 Å². The summed E-state index contributed by atoms with van der Waals surface area (Å²) >= 11 is 1.96. The van der Waals surface area contributed by atoms with Crippen molar-refractivity contribution in [3.05, 3.63) is 35.9 Å². The molecular formula is C14H13N3S. The Morgan fingerprint density at radius 1 is 1.39 bits per heavy atom. The van der Waals surface area contributed by atoms with Crippen molar-refractivity contribution in [3.63, 3.8) is 0 Å². The maximum Gasteiger partial charge on any atom is 0.128 e. The Labute approximate surface area is 110 Å². The average molecular weight is 255 g/mol. The number of rotatable bonds is 2. The summed E-state index contributed by atoms with van der Waals surface area (Å²) in [6, 6.07) is 12.4. The highest BCUT2D eigenvalue weighted by molar-refractivity contribution is 7.99. The van der Waals surface area contributed by atoms with E-state index in [1.54, 1.807) is 0 Å². The van der Waals surface area contributed by atoms with Crippen LogP contribution in [0.3, 0.4) is 0 Å². The molecule has 0 amide bonds. The van der Waals surface area contributed by atoms with E-state index >= 15 is 0 Å². The fourth-order valence-electron chi connectivity index (χ4n) is 2.20. The molecule has 0 spiro atoms. The Hall–Kier alpha value is -1.73. The minimum absolute atomic E-state index is 0.482. The number of pyridine rings is 1. The number of aromatic nitrogens is 1. The van der Waals surface area contributed by atoms with Gasteiger partial charge in [-0.05, 0) is 24.3 Å². The van der Waals surface area contributed by atoms with Crippen LogP contribution in [0.2, 0.25) is 0 Å². The summed E-state index contributed by atoms with van der Waals surface area (Å²) in [4.78, 5) is 4.58. The molecule has 2 heterocycles. The van der Waals surface area contributed by atoms with Crippen molar-refractivity contribution in [1.29, 1.82) is 5.26 Å². The fourth-order valence-corrected chi connectivity index (χ4v) is 3.35. The van der Waals surface area contributed by atoms with E-state index in [1.165, 1.54) is 12.2 Å². The molecule has 1 aromatic heterocycles. The summed E-state index contributed by atoms with van der Waals surface area (Å²) in [5.41, 5.74) is 1.57. The number of hydrogen-bond donors (Lipinski definition) is 1. The van der Waals surface area contributed by atoms with Gasteiger partial charge < -0.3 is 5.32 Å². The van der Waals surface area contributed by atoms with Gasteiger partial charge in [0.25, 0.3) is 0 Å². The molecule has 1 aliphatic heterocycles. The van der Waals surface area contributed by atoms with Gasteiger partial charge >= 0.3 is 0 Å². The van der Waals surface area contributed by atoms with Gasteiger partial charge in [0.2, 0.25) is 0 Å². The van der Waals surface area contributed by atoms with E-state index in [9.17, 15) is 5.26 Å². The lowest BCUT2D eigenvalue weighted by Gasteiger charge is -2.13. The highest BCUT2D eigenvalue weighted by atomic mass is 32.2. The molecule has 1 fully saturated rings. The van der Waals surface area contributed by atoms with E-state index in [-0.39, 0.29) is 0 Å². The number of nitrogens with one attached hydrogen (secondary N) is 1. The molecular weight excluding hydrogens is 242 g/mol. The van der Waals surface area contributed by atoms with Crippen molar-refractivity contribution in [1.82, 2.24) is 4.98 Å². The van der Waals surface area contributed by atoms with Gasteiger partial charge in [-0.3, -0.25) is 0 Å². The summed E-state index contributed by atoms with van der Waals surface area (Å²) in [7, 11) is 0. The van der Waals surface area contributed by atoms with Gasteiger partial charge in [-0.2, -0.15) is 17.0 Å². The molecule has 3 rings (SSSR count). The molecule has 0 saturated carbocycles. The molecule has 0 aliphatic carbocycles. The van der Waals surface area contributed by atoms with E-state index in [0.717, 1.165) is 22.5 Å². The predicted molar refractivity (Wildman–Crippen MR) is 75.8 cm³/mol. The van der Waals surface area contributed by atoms with Gasteiger partial charge in [-0.25, -0.2) is 4.98 Å². The van der Waals surface area contributed by atoms with E-state index in [0.29, 0.717) is 11.6 Å². The summed E-state index contributed by atoms with van der Waals surface area (Å²) in [5, 5.41) is 13.6. The van der Waals surface area contributed by atoms with E-state index in [1.807, 2.05) is 42.1 Å². The molecule has 90 valence electrons. The molecule has 18 heavy (non-hydrogen) atoms. The van der Waals surface area contributed by atoms with Crippen LogP contribution in [0, 0.1) is 11.3 Å². The monoisotopic (exact) mass is 255 g/mol. The van der Waals surface area contributed by atoms with Crippen molar-refractivity contribution in [2.45, 2.75) is 12.5 Å². The first-order valence-corrected chi connectivity index (χ1v) is 7.16. The number of nitriles is 1. The Balaban J connectivity index is 2.00. The second-order valence-electron chi connectivity index (χ2n) is 4.39. The lowest BCUT2D eigenvalue weighted by molar-refractivity contribution is 0.808. The smallest absolute Gasteiger partial charge is 0.128 e. The first kappa shape index (κ1) is 11.4. The maximum absolute atomic E-state index is 9.21. The third-order valence-corrected chi connectivity index (χ3v) is 4.28. The zero-order valence-corrected chi connectivity index (χ0v) is 10.7. The molecule has 1 atom stereocenters. The largest absolute Gasteiger partial charge is 0.366 e. The molecule has 1 aliphatic rings. The maximum atomic E-state index is 9.21. The lowest BCUT2D eigenvalue weighted by Crippen LogP contribution is -2.18. The van der Waals surface area contributed by atoms with Crippen molar-refractivity contribution in [2.75, 3.05) is 16.8 Å². The van der Waals surface area contributed by atoms with Crippen LogP contribution in [0.1, 0.15) is 12.0 Å². The Morgan fingerprint density at radius 2 is 2.28 bits per heavy atom.